The molecule has 0 aromatic carbocycles. The number of anilines is 1. The van der Waals surface area contributed by atoms with E-state index in [-0.39, 0.29) is 0 Å². The fourth-order valence-corrected chi connectivity index (χ4v) is 1.89. The highest BCUT2D eigenvalue weighted by Gasteiger charge is 2.07. The Morgan fingerprint density at radius 2 is 2.13 bits per heavy atom. The van der Waals surface area contributed by atoms with Crippen molar-refractivity contribution in [1.82, 2.24) is 19.6 Å². The summed E-state index contributed by atoms with van der Waals surface area (Å²) in [6, 6.07) is 0. The molecule has 2 aromatic heterocycles. The molecule has 0 spiro atoms. The molecule has 0 fully saturated rings. The number of hydrogen-bond donors (Lipinski definition) is 1. The van der Waals surface area contributed by atoms with Crippen LogP contribution in [0.2, 0.25) is 0 Å². The smallest absolute Gasteiger partial charge is 0.148 e. The average Bonchev–Trinajstić information content (AvgIpc) is 2.59. The summed E-state index contributed by atoms with van der Waals surface area (Å²) >= 11 is 3.40. The molecule has 0 aliphatic rings. The minimum absolute atomic E-state index is 0.579. The second kappa shape index (κ2) is 3.69. The highest BCUT2D eigenvalue weighted by Crippen LogP contribution is 2.16. The topological polar surface area (TPSA) is 61.7 Å². The molecule has 0 saturated carbocycles. The summed E-state index contributed by atoms with van der Waals surface area (Å²) in [6.45, 7) is 2.61. The maximum atomic E-state index is 5.67. The van der Waals surface area contributed by atoms with Crippen molar-refractivity contribution in [2.45, 2.75) is 13.5 Å². The number of nitrogens with two attached hydrogens (primary N) is 1. The van der Waals surface area contributed by atoms with Crippen LogP contribution in [0.5, 0.6) is 0 Å². The molecule has 0 bridgehead atoms. The van der Waals surface area contributed by atoms with Crippen molar-refractivity contribution in [3.63, 3.8) is 0 Å². The molecular weight excluding hydrogens is 258 g/mol. The van der Waals surface area contributed by atoms with Gasteiger partial charge >= 0.3 is 0 Å². The maximum Gasteiger partial charge on any atom is 0.148 e. The van der Waals surface area contributed by atoms with Gasteiger partial charge in [0, 0.05) is 30.6 Å². The Balaban J connectivity index is 2.25. The van der Waals surface area contributed by atoms with E-state index in [0.29, 0.717) is 12.4 Å². The van der Waals surface area contributed by atoms with Gasteiger partial charge in [-0.2, -0.15) is 10.2 Å². The summed E-state index contributed by atoms with van der Waals surface area (Å²) in [6.07, 6.45) is 3.88. The van der Waals surface area contributed by atoms with E-state index < -0.39 is 0 Å². The van der Waals surface area contributed by atoms with Crippen LogP contribution in [0.15, 0.2) is 17.0 Å². The molecule has 0 atom stereocenters. The second-order valence-corrected chi connectivity index (χ2v) is 4.26. The number of nitrogen functional groups attached to an aromatic ring is 1. The van der Waals surface area contributed by atoms with E-state index in [9.17, 15) is 0 Å². The Bertz CT molecular complexity index is 465. The van der Waals surface area contributed by atoms with Gasteiger partial charge in [-0.25, -0.2) is 0 Å². The monoisotopic (exact) mass is 269 g/mol. The third-order valence-electron chi connectivity index (χ3n) is 2.17. The number of nitrogens with zero attached hydrogens (tertiary/aromatic N) is 4. The van der Waals surface area contributed by atoms with Crippen molar-refractivity contribution in [3.8, 4) is 0 Å². The standard InChI is InChI=1S/C9H12BrN5/c1-6-3-15(13-9(6)11)5-7-4-14(2)12-8(7)10/h3-4H,5H2,1-2H3,(H2,11,13). The first-order valence-electron chi connectivity index (χ1n) is 4.54. The summed E-state index contributed by atoms with van der Waals surface area (Å²) in [5, 5.41) is 8.39. The highest BCUT2D eigenvalue weighted by atomic mass is 79.9. The normalized spacial score (nSPS) is 10.9. The molecule has 15 heavy (non-hydrogen) atoms. The van der Waals surface area contributed by atoms with E-state index in [2.05, 4.69) is 26.1 Å². The van der Waals surface area contributed by atoms with Crippen molar-refractivity contribution in [2.75, 3.05) is 5.73 Å². The molecule has 2 N–H and O–H groups in total. The predicted molar refractivity (Wildman–Crippen MR) is 61.4 cm³/mol. The van der Waals surface area contributed by atoms with Crippen LogP contribution in [-0.2, 0) is 13.6 Å². The molecule has 0 unspecified atom stereocenters. The van der Waals surface area contributed by atoms with Gasteiger partial charge in [-0.3, -0.25) is 9.36 Å². The number of aryl methyl sites for hydroxylation is 2. The van der Waals surface area contributed by atoms with Crippen LogP contribution in [0.4, 0.5) is 5.82 Å². The third-order valence-corrected chi connectivity index (χ3v) is 2.84. The van der Waals surface area contributed by atoms with E-state index in [1.165, 1.54) is 0 Å². The minimum Gasteiger partial charge on any atom is -0.382 e. The van der Waals surface area contributed by atoms with Gasteiger partial charge in [-0.05, 0) is 22.9 Å². The summed E-state index contributed by atoms with van der Waals surface area (Å²) in [5.74, 6) is 0.579. The largest absolute Gasteiger partial charge is 0.382 e. The second-order valence-electron chi connectivity index (χ2n) is 3.51. The molecule has 0 aliphatic heterocycles. The Morgan fingerprint density at radius 1 is 1.40 bits per heavy atom. The third kappa shape index (κ3) is 2.04. The average molecular weight is 270 g/mol. The van der Waals surface area contributed by atoms with Crippen molar-refractivity contribution in [2.24, 2.45) is 7.05 Å². The van der Waals surface area contributed by atoms with E-state index in [1.807, 2.05) is 31.0 Å². The molecular formula is C9H12BrN5. The molecule has 0 amide bonds. The predicted octanol–water partition coefficient (Wildman–Crippen LogP) is 1.32. The highest BCUT2D eigenvalue weighted by molar-refractivity contribution is 9.10. The number of halogens is 1. The van der Waals surface area contributed by atoms with E-state index >= 15 is 0 Å². The molecule has 2 aromatic rings. The van der Waals surface area contributed by atoms with Crippen LogP contribution >= 0.6 is 15.9 Å². The van der Waals surface area contributed by atoms with E-state index in [1.54, 1.807) is 4.68 Å². The van der Waals surface area contributed by atoms with Crippen LogP contribution in [0.3, 0.4) is 0 Å². The number of hydrogen-bond acceptors (Lipinski definition) is 3. The number of rotatable bonds is 2. The molecule has 5 nitrogen and oxygen atoms in total. The van der Waals surface area contributed by atoms with Crippen LogP contribution in [-0.4, -0.2) is 19.6 Å². The van der Waals surface area contributed by atoms with Gasteiger partial charge < -0.3 is 5.73 Å². The van der Waals surface area contributed by atoms with Gasteiger partial charge in [0.1, 0.15) is 10.4 Å². The zero-order chi connectivity index (χ0) is 11.0. The van der Waals surface area contributed by atoms with Crippen molar-refractivity contribution >= 4 is 21.7 Å². The fourth-order valence-electron chi connectivity index (χ4n) is 1.41. The first-order chi connectivity index (χ1) is 7.06. The quantitative estimate of drug-likeness (QED) is 0.895. The Morgan fingerprint density at radius 3 is 2.60 bits per heavy atom. The van der Waals surface area contributed by atoms with Crippen molar-refractivity contribution in [3.05, 3.63) is 28.1 Å². The Hall–Kier alpha value is -1.30. The summed E-state index contributed by atoms with van der Waals surface area (Å²) < 4.78 is 4.42. The first-order valence-corrected chi connectivity index (χ1v) is 5.33. The van der Waals surface area contributed by atoms with E-state index in [4.69, 9.17) is 5.73 Å². The Labute approximate surface area is 96.0 Å². The van der Waals surface area contributed by atoms with Crippen molar-refractivity contribution in [1.29, 1.82) is 0 Å². The minimum atomic E-state index is 0.579. The van der Waals surface area contributed by atoms with Gasteiger partial charge in [0.25, 0.3) is 0 Å². The molecule has 0 aliphatic carbocycles. The molecule has 2 heterocycles. The summed E-state index contributed by atoms with van der Waals surface area (Å²) in [5.41, 5.74) is 7.75. The maximum absolute atomic E-state index is 5.67. The molecule has 0 radical (unpaired) electrons. The fraction of sp³-hybridized carbons (Fsp3) is 0.333. The first kappa shape index (κ1) is 10.2. The molecule has 6 heteroatoms. The summed E-state index contributed by atoms with van der Waals surface area (Å²) in [7, 11) is 1.89. The molecule has 0 saturated heterocycles. The van der Waals surface area contributed by atoms with Crippen LogP contribution < -0.4 is 5.73 Å². The SMILES string of the molecule is Cc1cn(Cc2cn(C)nc2Br)nc1N. The van der Waals surface area contributed by atoms with Gasteiger partial charge in [-0.15, -0.1) is 0 Å². The van der Waals surface area contributed by atoms with E-state index in [0.717, 1.165) is 15.7 Å². The zero-order valence-corrected chi connectivity index (χ0v) is 10.2. The molecule has 2 rings (SSSR count). The van der Waals surface area contributed by atoms with Gasteiger partial charge in [-0.1, -0.05) is 0 Å². The molecule has 80 valence electrons. The van der Waals surface area contributed by atoms with Gasteiger partial charge in [0.15, 0.2) is 0 Å². The number of aromatic nitrogens is 4. The van der Waals surface area contributed by atoms with Crippen LogP contribution in [0, 0.1) is 6.92 Å². The Kier molecular flexibility index (Phi) is 2.52. The lowest BCUT2D eigenvalue weighted by atomic mass is 10.3. The van der Waals surface area contributed by atoms with Gasteiger partial charge in [0.05, 0.1) is 6.54 Å². The van der Waals surface area contributed by atoms with Crippen LogP contribution in [0.1, 0.15) is 11.1 Å². The zero-order valence-electron chi connectivity index (χ0n) is 8.61. The van der Waals surface area contributed by atoms with Gasteiger partial charge in [0.2, 0.25) is 0 Å². The summed E-state index contributed by atoms with van der Waals surface area (Å²) in [4.78, 5) is 0. The van der Waals surface area contributed by atoms with Crippen molar-refractivity contribution < 1.29 is 0 Å². The lowest BCUT2D eigenvalue weighted by molar-refractivity contribution is 0.687. The lowest BCUT2D eigenvalue weighted by Crippen LogP contribution is -2.00. The van der Waals surface area contributed by atoms with Crippen LogP contribution in [0.25, 0.3) is 0 Å². The lowest BCUT2D eigenvalue weighted by Gasteiger charge is -1.97.